The summed E-state index contributed by atoms with van der Waals surface area (Å²) < 4.78 is 19.4. The van der Waals surface area contributed by atoms with Crippen LogP contribution in [0.4, 0.5) is 10.1 Å². The summed E-state index contributed by atoms with van der Waals surface area (Å²) in [6, 6.07) is 6.71. The van der Waals surface area contributed by atoms with Gasteiger partial charge in [-0.1, -0.05) is 20.8 Å². The summed E-state index contributed by atoms with van der Waals surface area (Å²) in [6.45, 7) is 11.9. The van der Waals surface area contributed by atoms with Gasteiger partial charge in [0.2, 0.25) is 0 Å². The number of anilines is 1. The van der Waals surface area contributed by atoms with E-state index in [1.165, 1.54) is 25.0 Å². The third-order valence-corrected chi connectivity index (χ3v) is 8.24. The van der Waals surface area contributed by atoms with Crippen LogP contribution in [0, 0.1) is 22.6 Å². The van der Waals surface area contributed by atoms with Crippen LogP contribution in [0.2, 0.25) is 0 Å². The highest BCUT2D eigenvalue weighted by molar-refractivity contribution is 5.46. The van der Waals surface area contributed by atoms with Crippen molar-refractivity contribution < 1.29 is 14.2 Å². The van der Waals surface area contributed by atoms with Gasteiger partial charge >= 0.3 is 0 Å². The zero-order valence-electron chi connectivity index (χ0n) is 17.5. The van der Waals surface area contributed by atoms with Crippen molar-refractivity contribution in [1.82, 2.24) is 4.90 Å². The fourth-order valence-corrected chi connectivity index (χ4v) is 5.80. The van der Waals surface area contributed by atoms with Crippen molar-refractivity contribution in [2.45, 2.75) is 52.2 Å². The van der Waals surface area contributed by atoms with Crippen LogP contribution in [0.5, 0.6) is 0 Å². The highest BCUT2D eigenvalue weighted by Crippen LogP contribution is 2.66. The van der Waals surface area contributed by atoms with Gasteiger partial charge in [0.05, 0.1) is 18.8 Å². The molecule has 3 fully saturated rings. The van der Waals surface area contributed by atoms with E-state index in [4.69, 9.17) is 4.74 Å². The largest absolute Gasteiger partial charge is 0.389 e. The smallest absolute Gasteiger partial charge is 0.123 e. The number of rotatable bonds is 6. The molecule has 0 radical (unpaired) electrons. The third kappa shape index (κ3) is 3.57. The van der Waals surface area contributed by atoms with E-state index in [9.17, 15) is 9.50 Å². The molecule has 1 aromatic carbocycles. The summed E-state index contributed by atoms with van der Waals surface area (Å²) in [7, 11) is 0. The van der Waals surface area contributed by atoms with E-state index in [1.54, 1.807) is 0 Å². The van der Waals surface area contributed by atoms with Crippen molar-refractivity contribution in [3.63, 3.8) is 0 Å². The quantitative estimate of drug-likeness (QED) is 0.806. The third-order valence-electron chi connectivity index (χ3n) is 8.24. The standard InChI is InChI=1S/C23H35FN2O2/c1-22(2)17-8-9-23(22,3)21(14-17)28-16-20(27)15-25-10-12-26(13-11-25)19-6-4-18(24)5-7-19/h4-7,17,20-21,27H,8-16H2,1-3H3. The minimum Gasteiger partial charge on any atom is -0.389 e. The first-order valence-electron chi connectivity index (χ1n) is 10.8. The molecule has 1 saturated heterocycles. The number of hydrogen-bond acceptors (Lipinski definition) is 4. The van der Waals surface area contributed by atoms with Crippen molar-refractivity contribution in [2.75, 3.05) is 44.2 Å². The molecule has 4 nitrogen and oxygen atoms in total. The monoisotopic (exact) mass is 390 g/mol. The molecule has 0 aromatic heterocycles. The van der Waals surface area contributed by atoms with Crippen molar-refractivity contribution in [3.05, 3.63) is 30.1 Å². The lowest BCUT2D eigenvalue weighted by molar-refractivity contribution is -0.0794. The maximum atomic E-state index is 13.1. The summed E-state index contributed by atoms with van der Waals surface area (Å²) >= 11 is 0. The van der Waals surface area contributed by atoms with Gasteiger partial charge in [-0.15, -0.1) is 0 Å². The number of aliphatic hydroxyl groups excluding tert-OH is 1. The second-order valence-corrected chi connectivity index (χ2v) is 9.85. The minimum atomic E-state index is -0.441. The van der Waals surface area contributed by atoms with Gasteiger partial charge in [0.15, 0.2) is 0 Å². The van der Waals surface area contributed by atoms with Gasteiger partial charge in [-0.05, 0) is 60.3 Å². The van der Waals surface area contributed by atoms with Crippen LogP contribution in [0.3, 0.4) is 0 Å². The van der Waals surface area contributed by atoms with Gasteiger partial charge < -0.3 is 14.7 Å². The number of nitrogens with zero attached hydrogens (tertiary/aromatic N) is 2. The number of hydrogen-bond donors (Lipinski definition) is 1. The Hall–Kier alpha value is -1.17. The molecule has 2 bridgehead atoms. The minimum absolute atomic E-state index is 0.196. The van der Waals surface area contributed by atoms with Gasteiger partial charge in [0.1, 0.15) is 5.82 Å². The molecule has 2 aliphatic carbocycles. The topological polar surface area (TPSA) is 35.9 Å². The SMILES string of the molecule is CC1(C)C2CCC1(C)C(OCC(O)CN1CCN(c3ccc(F)cc3)CC1)C2. The zero-order chi connectivity index (χ0) is 19.9. The first-order chi connectivity index (χ1) is 13.3. The summed E-state index contributed by atoms with van der Waals surface area (Å²) in [5.41, 5.74) is 1.66. The van der Waals surface area contributed by atoms with E-state index in [2.05, 4.69) is 30.6 Å². The number of ether oxygens (including phenoxy) is 1. The Labute approximate surface area is 168 Å². The van der Waals surface area contributed by atoms with Crippen LogP contribution in [-0.2, 0) is 4.74 Å². The average molecular weight is 391 g/mol. The highest BCUT2D eigenvalue weighted by Gasteiger charge is 2.61. The molecule has 1 N–H and O–H groups in total. The Morgan fingerprint density at radius 3 is 2.39 bits per heavy atom. The lowest BCUT2D eigenvalue weighted by Gasteiger charge is -2.39. The van der Waals surface area contributed by atoms with Crippen molar-refractivity contribution in [3.8, 4) is 0 Å². The zero-order valence-corrected chi connectivity index (χ0v) is 17.5. The number of piperazine rings is 1. The Balaban J connectivity index is 1.21. The fourth-order valence-electron chi connectivity index (χ4n) is 5.80. The maximum absolute atomic E-state index is 13.1. The first-order valence-corrected chi connectivity index (χ1v) is 10.8. The van der Waals surface area contributed by atoms with Crippen LogP contribution >= 0.6 is 0 Å². The molecule has 4 unspecified atom stereocenters. The molecular weight excluding hydrogens is 355 g/mol. The average Bonchev–Trinajstić information content (AvgIpc) is 3.01. The molecule has 3 aliphatic rings. The predicted molar refractivity (Wildman–Crippen MR) is 110 cm³/mol. The molecule has 4 rings (SSSR count). The Bertz CT molecular complexity index is 672. The van der Waals surface area contributed by atoms with Crippen molar-refractivity contribution in [1.29, 1.82) is 0 Å². The van der Waals surface area contributed by atoms with Crippen molar-refractivity contribution in [2.24, 2.45) is 16.7 Å². The van der Waals surface area contributed by atoms with E-state index in [1.807, 2.05) is 12.1 Å². The molecule has 0 spiro atoms. The van der Waals surface area contributed by atoms with E-state index >= 15 is 0 Å². The predicted octanol–water partition coefficient (Wildman–Crippen LogP) is 3.54. The van der Waals surface area contributed by atoms with Gasteiger partial charge in [-0.2, -0.15) is 0 Å². The molecule has 1 aliphatic heterocycles. The van der Waals surface area contributed by atoms with Crippen LogP contribution in [0.1, 0.15) is 40.0 Å². The summed E-state index contributed by atoms with van der Waals surface area (Å²) in [5.74, 6) is 0.567. The molecule has 1 heterocycles. The molecule has 156 valence electrons. The van der Waals surface area contributed by atoms with E-state index in [0.29, 0.717) is 18.6 Å². The highest BCUT2D eigenvalue weighted by atomic mass is 19.1. The lowest BCUT2D eigenvalue weighted by atomic mass is 9.70. The number of β-amino-alcohol motifs (C(OH)–C–C–N with tert-alkyl or cyclic N) is 1. The number of fused-ring (bicyclic) bond motifs is 2. The van der Waals surface area contributed by atoms with Gasteiger partial charge in [-0.3, -0.25) is 4.90 Å². The first kappa shape index (κ1) is 20.1. The van der Waals surface area contributed by atoms with Crippen LogP contribution in [0.25, 0.3) is 0 Å². The maximum Gasteiger partial charge on any atom is 0.123 e. The molecule has 1 aromatic rings. The van der Waals surface area contributed by atoms with Crippen LogP contribution in [0.15, 0.2) is 24.3 Å². The van der Waals surface area contributed by atoms with Gasteiger partial charge in [0.25, 0.3) is 0 Å². The second kappa shape index (κ2) is 7.58. The molecule has 2 saturated carbocycles. The lowest BCUT2D eigenvalue weighted by Crippen LogP contribution is -2.49. The number of aliphatic hydroxyl groups is 1. The fraction of sp³-hybridized carbons (Fsp3) is 0.739. The summed E-state index contributed by atoms with van der Waals surface area (Å²) in [6.07, 6.45) is 3.56. The second-order valence-electron chi connectivity index (χ2n) is 9.85. The summed E-state index contributed by atoms with van der Waals surface area (Å²) in [4.78, 5) is 4.58. The van der Waals surface area contributed by atoms with Crippen LogP contribution < -0.4 is 4.90 Å². The van der Waals surface area contributed by atoms with Gasteiger partial charge in [-0.25, -0.2) is 4.39 Å². The number of benzene rings is 1. The Morgan fingerprint density at radius 2 is 1.82 bits per heavy atom. The molecular formula is C23H35FN2O2. The molecule has 5 heteroatoms. The molecule has 0 amide bonds. The van der Waals surface area contributed by atoms with Gasteiger partial charge in [0, 0.05) is 38.4 Å². The van der Waals surface area contributed by atoms with E-state index < -0.39 is 6.10 Å². The van der Waals surface area contributed by atoms with Crippen LogP contribution in [-0.4, -0.2) is 61.5 Å². The Kier molecular flexibility index (Phi) is 5.45. The van der Waals surface area contributed by atoms with E-state index in [-0.39, 0.29) is 17.3 Å². The van der Waals surface area contributed by atoms with E-state index in [0.717, 1.165) is 44.2 Å². The number of halogens is 1. The summed E-state index contributed by atoms with van der Waals surface area (Å²) in [5, 5.41) is 10.5. The molecule has 28 heavy (non-hydrogen) atoms. The van der Waals surface area contributed by atoms with Crippen molar-refractivity contribution >= 4 is 5.69 Å². The molecule has 4 atom stereocenters. The normalized spacial score (nSPS) is 33.4. The Morgan fingerprint density at radius 1 is 1.14 bits per heavy atom.